The largest absolute Gasteiger partial charge is 0.310 e. The summed E-state index contributed by atoms with van der Waals surface area (Å²) in [6.45, 7) is 0. The van der Waals surface area contributed by atoms with Crippen molar-refractivity contribution in [1.29, 1.82) is 0 Å². The van der Waals surface area contributed by atoms with Crippen molar-refractivity contribution in [2.45, 2.75) is 31.7 Å². The first kappa shape index (κ1) is 19.0. The Morgan fingerprint density at radius 2 is 1.77 bits per heavy atom. The van der Waals surface area contributed by atoms with Gasteiger partial charge in [-0.3, -0.25) is 9.59 Å². The summed E-state index contributed by atoms with van der Waals surface area (Å²) in [6, 6.07) is 4.12. The lowest BCUT2D eigenvalue weighted by molar-refractivity contribution is -0.213. The number of hydrogen-bond donors (Lipinski definition) is 1. The molecule has 1 N–H and O–H groups in total. The SMILES string of the molecule is O=C(Nc1cc(Cl)ncn1)C12CC(C(=O)N3N=CCC3c3cc(F)cc(F)c3)(C1)C2. The lowest BCUT2D eigenvalue weighted by Crippen LogP contribution is -2.71. The van der Waals surface area contributed by atoms with Gasteiger partial charge in [-0.25, -0.2) is 23.8 Å². The van der Waals surface area contributed by atoms with Crippen LogP contribution >= 0.6 is 11.6 Å². The molecule has 154 valence electrons. The van der Waals surface area contributed by atoms with Crippen molar-refractivity contribution < 1.29 is 18.4 Å². The molecule has 10 heteroatoms. The van der Waals surface area contributed by atoms with Gasteiger partial charge in [0.05, 0.1) is 16.9 Å². The Bertz CT molecular complexity index is 1070. The Morgan fingerprint density at radius 1 is 1.07 bits per heavy atom. The van der Waals surface area contributed by atoms with Crippen LogP contribution in [0.5, 0.6) is 0 Å². The molecule has 1 aromatic heterocycles. The van der Waals surface area contributed by atoms with E-state index in [9.17, 15) is 18.4 Å². The number of carbonyl (C=O) groups is 2. The second-order valence-electron chi connectivity index (χ2n) is 8.17. The molecule has 4 aliphatic rings. The molecule has 0 saturated heterocycles. The summed E-state index contributed by atoms with van der Waals surface area (Å²) in [5.41, 5.74) is -0.915. The Morgan fingerprint density at radius 3 is 2.43 bits per heavy atom. The first-order valence-corrected chi connectivity index (χ1v) is 9.79. The van der Waals surface area contributed by atoms with E-state index < -0.39 is 28.5 Å². The van der Waals surface area contributed by atoms with Crippen molar-refractivity contribution in [2.75, 3.05) is 5.32 Å². The molecule has 0 radical (unpaired) electrons. The van der Waals surface area contributed by atoms with E-state index in [4.69, 9.17) is 11.6 Å². The third-order valence-corrected chi connectivity index (χ3v) is 6.36. The Balaban J connectivity index is 1.27. The summed E-state index contributed by atoms with van der Waals surface area (Å²) in [6.07, 6.45) is 4.41. The highest BCUT2D eigenvalue weighted by Crippen LogP contribution is 2.74. The molecule has 1 atom stereocenters. The van der Waals surface area contributed by atoms with Gasteiger partial charge in [-0.1, -0.05) is 11.6 Å². The van der Waals surface area contributed by atoms with E-state index >= 15 is 0 Å². The molecule has 3 fully saturated rings. The molecule has 30 heavy (non-hydrogen) atoms. The highest BCUT2D eigenvalue weighted by molar-refractivity contribution is 6.29. The average Bonchev–Trinajstić information content (AvgIpc) is 3.08. The fourth-order valence-corrected chi connectivity index (χ4v) is 4.95. The maximum Gasteiger partial charge on any atom is 0.249 e. The number of aromatic nitrogens is 2. The minimum Gasteiger partial charge on any atom is -0.310 e. The number of anilines is 1. The second-order valence-corrected chi connectivity index (χ2v) is 8.56. The summed E-state index contributed by atoms with van der Waals surface area (Å²) in [4.78, 5) is 33.5. The summed E-state index contributed by atoms with van der Waals surface area (Å²) in [5.74, 6) is -1.51. The zero-order chi connectivity index (χ0) is 21.1. The zero-order valence-corrected chi connectivity index (χ0v) is 16.4. The molecule has 3 saturated carbocycles. The van der Waals surface area contributed by atoms with Crippen LogP contribution in [-0.2, 0) is 9.59 Å². The van der Waals surface area contributed by atoms with Crippen LogP contribution in [0.3, 0.4) is 0 Å². The summed E-state index contributed by atoms with van der Waals surface area (Å²) in [7, 11) is 0. The molecule has 2 aromatic rings. The number of carbonyl (C=O) groups excluding carboxylic acids is 2. The predicted molar refractivity (Wildman–Crippen MR) is 103 cm³/mol. The third kappa shape index (κ3) is 2.87. The van der Waals surface area contributed by atoms with E-state index in [1.807, 2.05) is 0 Å². The maximum atomic E-state index is 13.6. The molecule has 0 spiro atoms. The molecular weight excluding hydrogens is 416 g/mol. The van der Waals surface area contributed by atoms with Gasteiger partial charge in [0.25, 0.3) is 0 Å². The van der Waals surface area contributed by atoms with E-state index in [1.54, 1.807) is 6.21 Å². The number of nitrogens with one attached hydrogen (secondary N) is 1. The van der Waals surface area contributed by atoms with Crippen LogP contribution in [-0.4, -0.2) is 33.0 Å². The van der Waals surface area contributed by atoms with Crippen molar-refractivity contribution in [1.82, 2.24) is 15.0 Å². The van der Waals surface area contributed by atoms with E-state index in [0.717, 1.165) is 6.07 Å². The van der Waals surface area contributed by atoms with Crippen molar-refractivity contribution in [3.8, 4) is 0 Å². The van der Waals surface area contributed by atoms with Crippen molar-refractivity contribution in [2.24, 2.45) is 15.9 Å². The fourth-order valence-electron chi connectivity index (χ4n) is 4.80. The first-order chi connectivity index (χ1) is 14.3. The lowest BCUT2D eigenvalue weighted by Gasteiger charge is -2.68. The van der Waals surface area contributed by atoms with Crippen LogP contribution in [0.1, 0.15) is 37.3 Å². The van der Waals surface area contributed by atoms with Crippen LogP contribution in [0, 0.1) is 22.5 Å². The Kier molecular flexibility index (Phi) is 4.15. The molecule has 7 nitrogen and oxygen atoms in total. The summed E-state index contributed by atoms with van der Waals surface area (Å²) < 4.78 is 27.3. The van der Waals surface area contributed by atoms with E-state index in [1.165, 1.54) is 29.5 Å². The number of hydrazone groups is 1. The quantitative estimate of drug-likeness (QED) is 0.751. The predicted octanol–water partition coefficient (Wildman–Crippen LogP) is 3.48. The highest BCUT2D eigenvalue weighted by atomic mass is 35.5. The Hall–Kier alpha value is -2.94. The smallest absolute Gasteiger partial charge is 0.249 e. The molecule has 1 aliphatic heterocycles. The van der Waals surface area contributed by atoms with Gasteiger partial charge in [0.2, 0.25) is 11.8 Å². The number of benzene rings is 1. The average molecular weight is 432 g/mol. The minimum atomic E-state index is -0.699. The first-order valence-electron chi connectivity index (χ1n) is 9.41. The van der Waals surface area contributed by atoms with E-state index in [2.05, 4.69) is 20.4 Å². The molecule has 2 amide bonds. The van der Waals surface area contributed by atoms with Gasteiger partial charge >= 0.3 is 0 Å². The minimum absolute atomic E-state index is 0.208. The van der Waals surface area contributed by atoms with Crippen LogP contribution in [0.15, 0.2) is 35.7 Å². The van der Waals surface area contributed by atoms with Gasteiger partial charge in [-0.15, -0.1) is 0 Å². The van der Waals surface area contributed by atoms with Crippen molar-refractivity contribution in [3.05, 3.63) is 52.9 Å². The summed E-state index contributed by atoms with van der Waals surface area (Å²) in [5, 5.41) is 8.40. The number of nitrogens with zero attached hydrogens (tertiary/aromatic N) is 4. The standard InChI is InChI=1S/C20H16ClF2N5O2/c21-15-6-16(25-10-24-15)27-17(29)19-7-20(8-19,9-19)18(30)28-14(1-2-26-28)11-3-12(22)5-13(23)4-11/h2-6,10,14H,1,7-9H2,(H,24,25,27,29). The monoisotopic (exact) mass is 431 g/mol. The molecule has 1 unspecified atom stereocenters. The zero-order valence-electron chi connectivity index (χ0n) is 15.6. The van der Waals surface area contributed by atoms with Crippen LogP contribution in [0.25, 0.3) is 0 Å². The van der Waals surface area contributed by atoms with Gasteiger partial charge in [-0.2, -0.15) is 5.10 Å². The van der Waals surface area contributed by atoms with Gasteiger partial charge in [0.1, 0.15) is 28.9 Å². The molecule has 2 heterocycles. The molecule has 2 bridgehead atoms. The lowest BCUT2D eigenvalue weighted by atomic mass is 9.34. The van der Waals surface area contributed by atoms with E-state index in [0.29, 0.717) is 37.1 Å². The van der Waals surface area contributed by atoms with Gasteiger partial charge < -0.3 is 5.32 Å². The second kappa shape index (κ2) is 6.53. The van der Waals surface area contributed by atoms with Crippen LogP contribution in [0.2, 0.25) is 5.15 Å². The maximum absolute atomic E-state index is 13.6. The third-order valence-electron chi connectivity index (χ3n) is 6.15. The summed E-state index contributed by atoms with van der Waals surface area (Å²) >= 11 is 5.81. The topological polar surface area (TPSA) is 87.5 Å². The normalized spacial score (nSPS) is 28.6. The van der Waals surface area contributed by atoms with E-state index in [-0.39, 0.29) is 17.0 Å². The molecular formula is C20H16ClF2N5O2. The Labute approximate surface area is 175 Å². The van der Waals surface area contributed by atoms with Gasteiger partial charge in [0, 0.05) is 24.8 Å². The van der Waals surface area contributed by atoms with Crippen LogP contribution < -0.4 is 5.32 Å². The molecule has 3 aliphatic carbocycles. The van der Waals surface area contributed by atoms with Crippen LogP contribution in [0.4, 0.5) is 14.6 Å². The number of hydrogen-bond acceptors (Lipinski definition) is 5. The molecule has 1 aromatic carbocycles. The fraction of sp³-hybridized carbons (Fsp3) is 0.350. The number of rotatable bonds is 4. The van der Waals surface area contributed by atoms with Crippen molar-refractivity contribution in [3.63, 3.8) is 0 Å². The highest BCUT2D eigenvalue weighted by Gasteiger charge is 2.75. The van der Waals surface area contributed by atoms with Crippen molar-refractivity contribution >= 4 is 35.4 Å². The number of amides is 2. The molecule has 6 rings (SSSR count). The van der Waals surface area contributed by atoms with Gasteiger partial charge in [-0.05, 0) is 37.0 Å². The number of halogens is 3. The van der Waals surface area contributed by atoms with Gasteiger partial charge in [0.15, 0.2) is 0 Å².